The maximum absolute atomic E-state index is 12.8. The minimum atomic E-state index is -0.573. The van der Waals surface area contributed by atoms with Gasteiger partial charge in [-0.2, -0.15) is 0 Å². The Kier molecular flexibility index (Phi) is 5.97. The Morgan fingerprint density at radius 2 is 2.04 bits per heavy atom. The largest absolute Gasteiger partial charge is 0.493 e. The van der Waals surface area contributed by atoms with Crippen LogP contribution < -0.4 is 15.2 Å². The number of hydrogen-bond donors (Lipinski definition) is 1. The number of hydrogen-bond acceptors (Lipinski definition) is 6. The van der Waals surface area contributed by atoms with Crippen LogP contribution in [0, 0.1) is 16.0 Å². The van der Waals surface area contributed by atoms with Crippen LogP contribution in [-0.4, -0.2) is 49.6 Å². The number of likely N-dealkylation sites (tertiary alicyclic amines) is 1. The molecular formula is C16H23N3O5. The molecule has 8 heteroatoms. The summed E-state index contributed by atoms with van der Waals surface area (Å²) >= 11 is 0. The molecule has 1 saturated heterocycles. The van der Waals surface area contributed by atoms with E-state index in [-0.39, 0.29) is 22.9 Å². The van der Waals surface area contributed by atoms with Gasteiger partial charge in [-0.3, -0.25) is 14.9 Å². The standard InChI is InChI=1S/C16H23N3O5/c1-23-14-8-12(13(19(21)22)9-15(14)24-2)16(20)18-7-3-4-11(10-18)5-6-17/h8-9,11H,3-7,10,17H2,1-2H3. The fourth-order valence-corrected chi connectivity index (χ4v) is 3.08. The lowest BCUT2D eigenvalue weighted by atomic mass is 9.94. The third kappa shape index (κ3) is 3.76. The van der Waals surface area contributed by atoms with Gasteiger partial charge in [0.2, 0.25) is 0 Å². The molecular weight excluding hydrogens is 314 g/mol. The second-order valence-electron chi connectivity index (χ2n) is 5.82. The lowest BCUT2D eigenvalue weighted by molar-refractivity contribution is -0.385. The number of nitro groups is 1. The molecule has 1 aliphatic rings. The van der Waals surface area contributed by atoms with Gasteiger partial charge in [0, 0.05) is 19.2 Å². The Morgan fingerprint density at radius 1 is 1.38 bits per heavy atom. The molecule has 0 spiro atoms. The van der Waals surface area contributed by atoms with Crippen LogP contribution >= 0.6 is 0 Å². The van der Waals surface area contributed by atoms with E-state index in [4.69, 9.17) is 15.2 Å². The van der Waals surface area contributed by atoms with Gasteiger partial charge in [-0.05, 0) is 31.7 Å². The number of rotatable bonds is 6. The summed E-state index contributed by atoms with van der Waals surface area (Å²) in [7, 11) is 2.82. The van der Waals surface area contributed by atoms with E-state index < -0.39 is 4.92 Å². The highest BCUT2D eigenvalue weighted by atomic mass is 16.6. The molecule has 1 aliphatic heterocycles. The fourth-order valence-electron chi connectivity index (χ4n) is 3.08. The molecule has 8 nitrogen and oxygen atoms in total. The van der Waals surface area contributed by atoms with Gasteiger partial charge >= 0.3 is 0 Å². The van der Waals surface area contributed by atoms with Crippen LogP contribution in [0.3, 0.4) is 0 Å². The van der Waals surface area contributed by atoms with Crippen LogP contribution in [0.4, 0.5) is 5.69 Å². The van der Waals surface area contributed by atoms with Gasteiger partial charge in [0.25, 0.3) is 11.6 Å². The summed E-state index contributed by atoms with van der Waals surface area (Å²) in [6.45, 7) is 1.73. The number of ether oxygens (including phenoxy) is 2. The smallest absolute Gasteiger partial charge is 0.286 e. The molecule has 1 aromatic rings. The number of nitrogens with two attached hydrogens (primary N) is 1. The quantitative estimate of drug-likeness (QED) is 0.626. The third-order valence-corrected chi connectivity index (χ3v) is 4.31. The van der Waals surface area contributed by atoms with Gasteiger partial charge < -0.3 is 20.1 Å². The van der Waals surface area contributed by atoms with Crippen molar-refractivity contribution in [2.24, 2.45) is 11.7 Å². The summed E-state index contributed by atoms with van der Waals surface area (Å²) in [4.78, 5) is 25.3. The van der Waals surface area contributed by atoms with Gasteiger partial charge in [0.1, 0.15) is 5.56 Å². The average molecular weight is 337 g/mol. The van der Waals surface area contributed by atoms with Crippen molar-refractivity contribution in [3.8, 4) is 11.5 Å². The summed E-state index contributed by atoms with van der Waals surface area (Å²) in [5.74, 6) is 0.499. The van der Waals surface area contributed by atoms with Crippen LogP contribution in [0.2, 0.25) is 0 Å². The van der Waals surface area contributed by atoms with Crippen molar-refractivity contribution in [3.63, 3.8) is 0 Å². The minimum Gasteiger partial charge on any atom is -0.493 e. The summed E-state index contributed by atoms with van der Waals surface area (Å²) < 4.78 is 10.3. The van der Waals surface area contributed by atoms with Gasteiger partial charge in [0.05, 0.1) is 25.2 Å². The van der Waals surface area contributed by atoms with E-state index in [1.807, 2.05) is 0 Å². The van der Waals surface area contributed by atoms with Crippen LogP contribution in [0.15, 0.2) is 12.1 Å². The molecule has 24 heavy (non-hydrogen) atoms. The first-order valence-corrected chi connectivity index (χ1v) is 7.91. The molecule has 132 valence electrons. The molecule has 0 aromatic heterocycles. The first-order chi connectivity index (χ1) is 11.5. The van der Waals surface area contributed by atoms with Crippen LogP contribution in [0.25, 0.3) is 0 Å². The van der Waals surface area contributed by atoms with Crippen molar-refractivity contribution < 1.29 is 19.2 Å². The SMILES string of the molecule is COc1cc(C(=O)N2CCCC(CCN)C2)c([N+](=O)[O-])cc1OC. The van der Waals surface area contributed by atoms with Crippen LogP contribution in [-0.2, 0) is 0 Å². The molecule has 1 amide bonds. The van der Waals surface area contributed by atoms with E-state index in [1.165, 1.54) is 26.4 Å². The summed E-state index contributed by atoms with van der Waals surface area (Å²) in [5.41, 5.74) is 5.34. The number of nitrogens with zero attached hydrogens (tertiary/aromatic N) is 2. The van der Waals surface area contributed by atoms with Gasteiger partial charge in [0.15, 0.2) is 11.5 Å². The van der Waals surface area contributed by atoms with Crippen molar-refractivity contribution in [1.29, 1.82) is 0 Å². The Bertz CT molecular complexity index is 618. The number of benzene rings is 1. The molecule has 2 N–H and O–H groups in total. The van der Waals surface area contributed by atoms with E-state index >= 15 is 0 Å². The Hall–Kier alpha value is -2.35. The number of piperidine rings is 1. The lowest BCUT2D eigenvalue weighted by Gasteiger charge is -2.32. The van der Waals surface area contributed by atoms with Gasteiger partial charge in [-0.25, -0.2) is 0 Å². The predicted octanol–water partition coefficient (Wildman–Crippen LogP) is 1.81. The Labute approximate surface area is 140 Å². The van der Waals surface area contributed by atoms with Crippen molar-refractivity contribution in [2.75, 3.05) is 33.9 Å². The number of carbonyl (C=O) groups excluding carboxylic acids is 1. The number of nitro benzene ring substituents is 1. The molecule has 1 aromatic carbocycles. The normalized spacial score (nSPS) is 17.5. The first kappa shape index (κ1) is 18.0. The van der Waals surface area contributed by atoms with E-state index in [1.54, 1.807) is 4.90 Å². The molecule has 0 saturated carbocycles. The molecule has 0 aliphatic carbocycles. The van der Waals surface area contributed by atoms with Gasteiger partial charge in [-0.15, -0.1) is 0 Å². The number of carbonyl (C=O) groups is 1. The predicted molar refractivity (Wildman–Crippen MR) is 88.5 cm³/mol. The maximum Gasteiger partial charge on any atom is 0.286 e. The Morgan fingerprint density at radius 3 is 2.62 bits per heavy atom. The Balaban J connectivity index is 2.35. The summed E-state index contributed by atoms with van der Waals surface area (Å²) in [6.07, 6.45) is 2.74. The fraction of sp³-hybridized carbons (Fsp3) is 0.562. The van der Waals surface area contributed by atoms with Crippen molar-refractivity contribution in [1.82, 2.24) is 4.90 Å². The lowest BCUT2D eigenvalue weighted by Crippen LogP contribution is -2.40. The molecule has 0 bridgehead atoms. The van der Waals surface area contributed by atoms with Crippen LogP contribution in [0.5, 0.6) is 11.5 Å². The molecule has 1 unspecified atom stereocenters. The second-order valence-corrected chi connectivity index (χ2v) is 5.82. The highest BCUT2D eigenvalue weighted by molar-refractivity contribution is 5.99. The number of amides is 1. The van der Waals surface area contributed by atoms with E-state index in [9.17, 15) is 14.9 Å². The summed E-state index contributed by atoms with van der Waals surface area (Å²) in [5, 5.41) is 11.4. The molecule has 1 heterocycles. The highest BCUT2D eigenvalue weighted by Gasteiger charge is 2.30. The molecule has 2 rings (SSSR count). The van der Waals surface area contributed by atoms with Crippen LogP contribution in [0.1, 0.15) is 29.6 Å². The zero-order valence-corrected chi connectivity index (χ0v) is 14.0. The third-order valence-electron chi connectivity index (χ3n) is 4.31. The van der Waals surface area contributed by atoms with Crippen molar-refractivity contribution >= 4 is 11.6 Å². The second kappa shape index (κ2) is 7.96. The first-order valence-electron chi connectivity index (χ1n) is 7.91. The number of methoxy groups -OCH3 is 2. The maximum atomic E-state index is 12.8. The summed E-state index contributed by atoms with van der Waals surface area (Å²) in [6, 6.07) is 2.61. The van der Waals surface area contributed by atoms with Crippen molar-refractivity contribution in [2.45, 2.75) is 19.3 Å². The van der Waals surface area contributed by atoms with E-state index in [0.29, 0.717) is 31.3 Å². The van der Waals surface area contributed by atoms with E-state index in [2.05, 4.69) is 0 Å². The van der Waals surface area contributed by atoms with Gasteiger partial charge in [-0.1, -0.05) is 0 Å². The average Bonchev–Trinajstić information content (AvgIpc) is 2.60. The monoisotopic (exact) mass is 337 g/mol. The topological polar surface area (TPSA) is 108 Å². The van der Waals surface area contributed by atoms with E-state index in [0.717, 1.165) is 19.3 Å². The highest BCUT2D eigenvalue weighted by Crippen LogP contribution is 2.35. The minimum absolute atomic E-state index is 0.0195. The zero-order chi connectivity index (χ0) is 17.7. The van der Waals surface area contributed by atoms with Crippen molar-refractivity contribution in [3.05, 3.63) is 27.8 Å². The molecule has 0 radical (unpaired) electrons. The molecule has 1 fully saturated rings. The molecule has 1 atom stereocenters. The zero-order valence-electron chi connectivity index (χ0n) is 14.0.